The SMILES string of the molecule is CC(CC1CC(N)CCO1)c1ccccc1. The Morgan fingerprint density at radius 3 is 2.81 bits per heavy atom. The number of benzene rings is 1. The maximum Gasteiger partial charge on any atom is 0.0595 e. The second-order valence-corrected chi connectivity index (χ2v) is 4.82. The largest absolute Gasteiger partial charge is 0.378 e. The van der Waals surface area contributed by atoms with Gasteiger partial charge in [-0.1, -0.05) is 37.3 Å². The van der Waals surface area contributed by atoms with Crippen LogP contribution in [0.2, 0.25) is 0 Å². The van der Waals surface area contributed by atoms with E-state index in [1.54, 1.807) is 0 Å². The molecule has 1 heterocycles. The third-order valence-electron chi connectivity index (χ3n) is 3.39. The predicted octanol–water partition coefficient (Wildman–Crippen LogP) is 2.69. The predicted molar refractivity (Wildman–Crippen MR) is 66.4 cm³/mol. The molecule has 0 saturated carbocycles. The lowest BCUT2D eigenvalue weighted by molar-refractivity contribution is 0.000147. The molecule has 0 aromatic heterocycles. The molecule has 2 N–H and O–H groups in total. The van der Waals surface area contributed by atoms with E-state index in [4.69, 9.17) is 10.5 Å². The van der Waals surface area contributed by atoms with Crippen molar-refractivity contribution in [2.45, 2.75) is 44.2 Å². The molecule has 16 heavy (non-hydrogen) atoms. The molecule has 2 heteroatoms. The van der Waals surface area contributed by atoms with Crippen molar-refractivity contribution < 1.29 is 4.74 Å². The Hall–Kier alpha value is -0.860. The number of nitrogens with two attached hydrogens (primary N) is 1. The third-order valence-corrected chi connectivity index (χ3v) is 3.39. The van der Waals surface area contributed by atoms with Crippen molar-refractivity contribution in [1.29, 1.82) is 0 Å². The third kappa shape index (κ3) is 3.06. The Morgan fingerprint density at radius 1 is 1.38 bits per heavy atom. The Kier molecular flexibility index (Phi) is 3.97. The maximum absolute atomic E-state index is 5.96. The highest BCUT2D eigenvalue weighted by Gasteiger charge is 2.22. The minimum atomic E-state index is 0.335. The second-order valence-electron chi connectivity index (χ2n) is 4.82. The first kappa shape index (κ1) is 11.6. The number of hydrogen-bond donors (Lipinski definition) is 1. The minimum Gasteiger partial charge on any atom is -0.378 e. The van der Waals surface area contributed by atoms with Crippen LogP contribution in [0.15, 0.2) is 30.3 Å². The molecule has 1 aromatic rings. The van der Waals surface area contributed by atoms with E-state index in [9.17, 15) is 0 Å². The summed E-state index contributed by atoms with van der Waals surface area (Å²) in [6.07, 6.45) is 3.45. The maximum atomic E-state index is 5.96. The molecule has 2 rings (SSSR count). The molecule has 2 nitrogen and oxygen atoms in total. The quantitative estimate of drug-likeness (QED) is 0.848. The van der Waals surface area contributed by atoms with Crippen LogP contribution in [0.25, 0.3) is 0 Å². The molecule has 1 aromatic carbocycles. The number of rotatable bonds is 3. The Balaban J connectivity index is 1.89. The second kappa shape index (κ2) is 5.46. The lowest BCUT2D eigenvalue weighted by Crippen LogP contribution is -2.35. The zero-order valence-electron chi connectivity index (χ0n) is 9.93. The van der Waals surface area contributed by atoms with Crippen LogP contribution in [0.4, 0.5) is 0 Å². The van der Waals surface area contributed by atoms with E-state index < -0.39 is 0 Å². The molecule has 0 aliphatic carbocycles. The zero-order valence-corrected chi connectivity index (χ0v) is 9.93. The molecule has 1 fully saturated rings. The average Bonchev–Trinajstić information content (AvgIpc) is 2.30. The van der Waals surface area contributed by atoms with Crippen LogP contribution < -0.4 is 5.73 Å². The average molecular weight is 219 g/mol. The molecule has 1 saturated heterocycles. The van der Waals surface area contributed by atoms with Gasteiger partial charge in [-0.2, -0.15) is 0 Å². The Labute approximate surface area is 97.8 Å². The Bertz CT molecular complexity index is 312. The minimum absolute atomic E-state index is 0.335. The fourth-order valence-corrected chi connectivity index (χ4v) is 2.39. The van der Waals surface area contributed by atoms with Gasteiger partial charge in [0.1, 0.15) is 0 Å². The molecule has 88 valence electrons. The molecular formula is C14H21NO. The van der Waals surface area contributed by atoms with Gasteiger partial charge in [-0.05, 0) is 30.7 Å². The summed E-state index contributed by atoms with van der Waals surface area (Å²) < 4.78 is 5.76. The molecule has 3 unspecified atom stereocenters. The lowest BCUT2D eigenvalue weighted by Gasteiger charge is -2.29. The van der Waals surface area contributed by atoms with Gasteiger partial charge >= 0.3 is 0 Å². The van der Waals surface area contributed by atoms with Gasteiger partial charge in [0.25, 0.3) is 0 Å². The summed E-state index contributed by atoms with van der Waals surface area (Å²) in [6.45, 7) is 3.09. The van der Waals surface area contributed by atoms with Gasteiger partial charge in [0.2, 0.25) is 0 Å². The summed E-state index contributed by atoms with van der Waals surface area (Å²) in [6, 6.07) is 11.0. The summed E-state index contributed by atoms with van der Waals surface area (Å²) in [5, 5.41) is 0. The normalized spacial score (nSPS) is 27.6. The summed E-state index contributed by atoms with van der Waals surface area (Å²) in [5.74, 6) is 0.552. The van der Waals surface area contributed by atoms with Crippen LogP contribution >= 0.6 is 0 Å². The van der Waals surface area contributed by atoms with Crippen molar-refractivity contribution in [3.63, 3.8) is 0 Å². The fraction of sp³-hybridized carbons (Fsp3) is 0.571. The summed E-state index contributed by atoms with van der Waals surface area (Å²) in [5.41, 5.74) is 7.35. The van der Waals surface area contributed by atoms with Gasteiger partial charge in [0.05, 0.1) is 6.10 Å². The van der Waals surface area contributed by atoms with Gasteiger partial charge in [0, 0.05) is 12.6 Å². The summed E-state index contributed by atoms with van der Waals surface area (Å²) >= 11 is 0. The first-order chi connectivity index (χ1) is 7.75. The molecule has 0 bridgehead atoms. The molecule has 1 aliphatic heterocycles. The van der Waals surface area contributed by atoms with E-state index >= 15 is 0 Å². The molecule has 0 spiro atoms. The van der Waals surface area contributed by atoms with Gasteiger partial charge < -0.3 is 10.5 Å². The van der Waals surface area contributed by atoms with Gasteiger partial charge in [-0.25, -0.2) is 0 Å². The van der Waals surface area contributed by atoms with Crippen molar-refractivity contribution in [2.24, 2.45) is 5.73 Å². The topological polar surface area (TPSA) is 35.2 Å². The molecule has 0 radical (unpaired) electrons. The Morgan fingerprint density at radius 2 is 2.12 bits per heavy atom. The van der Waals surface area contributed by atoms with E-state index in [0.717, 1.165) is 25.9 Å². The van der Waals surface area contributed by atoms with Crippen molar-refractivity contribution >= 4 is 0 Å². The molecule has 0 amide bonds. The zero-order chi connectivity index (χ0) is 11.4. The van der Waals surface area contributed by atoms with E-state index in [1.165, 1.54) is 5.56 Å². The van der Waals surface area contributed by atoms with Crippen molar-refractivity contribution in [3.8, 4) is 0 Å². The van der Waals surface area contributed by atoms with Crippen LogP contribution in [0.1, 0.15) is 37.7 Å². The summed E-state index contributed by atoms with van der Waals surface area (Å²) in [7, 11) is 0. The molecule has 3 atom stereocenters. The fourth-order valence-electron chi connectivity index (χ4n) is 2.39. The number of ether oxygens (including phenoxy) is 1. The van der Waals surface area contributed by atoms with Gasteiger partial charge in [0.15, 0.2) is 0 Å². The van der Waals surface area contributed by atoms with Crippen LogP contribution in [0, 0.1) is 0 Å². The van der Waals surface area contributed by atoms with Gasteiger partial charge in [-0.3, -0.25) is 0 Å². The van der Waals surface area contributed by atoms with E-state index in [-0.39, 0.29) is 0 Å². The molecular weight excluding hydrogens is 198 g/mol. The van der Waals surface area contributed by atoms with E-state index in [0.29, 0.717) is 18.1 Å². The van der Waals surface area contributed by atoms with E-state index in [1.807, 2.05) is 0 Å². The highest BCUT2D eigenvalue weighted by atomic mass is 16.5. The monoisotopic (exact) mass is 219 g/mol. The highest BCUT2D eigenvalue weighted by molar-refractivity contribution is 5.18. The first-order valence-electron chi connectivity index (χ1n) is 6.18. The highest BCUT2D eigenvalue weighted by Crippen LogP contribution is 2.25. The first-order valence-corrected chi connectivity index (χ1v) is 6.18. The molecule has 1 aliphatic rings. The van der Waals surface area contributed by atoms with Crippen LogP contribution in [-0.2, 0) is 4.74 Å². The van der Waals surface area contributed by atoms with Gasteiger partial charge in [-0.15, -0.1) is 0 Å². The van der Waals surface area contributed by atoms with Crippen molar-refractivity contribution in [2.75, 3.05) is 6.61 Å². The smallest absolute Gasteiger partial charge is 0.0595 e. The number of hydrogen-bond acceptors (Lipinski definition) is 2. The van der Waals surface area contributed by atoms with Crippen molar-refractivity contribution in [1.82, 2.24) is 0 Å². The van der Waals surface area contributed by atoms with Crippen LogP contribution in [-0.4, -0.2) is 18.8 Å². The van der Waals surface area contributed by atoms with E-state index in [2.05, 4.69) is 37.3 Å². The standard InChI is InChI=1S/C14H21NO/c1-11(12-5-3-2-4-6-12)9-14-10-13(15)7-8-16-14/h2-6,11,13-14H,7-10,15H2,1H3. The summed E-state index contributed by atoms with van der Waals surface area (Å²) in [4.78, 5) is 0. The lowest BCUT2D eigenvalue weighted by atomic mass is 9.91. The van der Waals surface area contributed by atoms with Crippen LogP contribution in [0.5, 0.6) is 0 Å². The van der Waals surface area contributed by atoms with Crippen molar-refractivity contribution in [3.05, 3.63) is 35.9 Å². The van der Waals surface area contributed by atoms with Crippen LogP contribution in [0.3, 0.4) is 0 Å².